The van der Waals surface area contributed by atoms with Crippen molar-refractivity contribution in [2.75, 3.05) is 0 Å². The van der Waals surface area contributed by atoms with E-state index in [1.165, 1.54) is 47.5 Å². The number of rotatable bonds is 0. The molecule has 0 spiro atoms. The molecule has 1 heterocycles. The van der Waals surface area contributed by atoms with Gasteiger partial charge in [-0.3, -0.25) is 0 Å². The maximum Gasteiger partial charge on any atom is 0.0467 e. The standard InChI is InChI=1S/C16H15N/c1-2-6-12-11(5-1)9-10-15-16(12)13-7-3-4-8-14(13)17-15/h3-4,7-10,17H,1-2,5-6H2. The third-order valence-corrected chi connectivity index (χ3v) is 4.00. The number of aromatic amines is 1. The van der Waals surface area contributed by atoms with Gasteiger partial charge in [-0.2, -0.15) is 0 Å². The normalized spacial score (nSPS) is 15.3. The third kappa shape index (κ3) is 1.25. The zero-order valence-electron chi connectivity index (χ0n) is 9.79. The quantitative estimate of drug-likeness (QED) is 0.585. The number of H-pyrrole nitrogens is 1. The van der Waals surface area contributed by atoms with Crippen molar-refractivity contribution in [3.05, 3.63) is 47.5 Å². The number of aryl methyl sites for hydroxylation is 2. The van der Waals surface area contributed by atoms with Crippen LogP contribution >= 0.6 is 0 Å². The molecule has 0 saturated heterocycles. The van der Waals surface area contributed by atoms with Crippen LogP contribution < -0.4 is 0 Å². The molecule has 1 heteroatoms. The molecular weight excluding hydrogens is 206 g/mol. The largest absolute Gasteiger partial charge is 0.355 e. The Morgan fingerprint density at radius 1 is 0.824 bits per heavy atom. The summed E-state index contributed by atoms with van der Waals surface area (Å²) >= 11 is 0. The molecule has 1 aliphatic rings. The molecule has 17 heavy (non-hydrogen) atoms. The van der Waals surface area contributed by atoms with Gasteiger partial charge in [0, 0.05) is 21.8 Å². The summed E-state index contributed by atoms with van der Waals surface area (Å²) in [6, 6.07) is 13.2. The van der Waals surface area contributed by atoms with Crippen molar-refractivity contribution in [3.63, 3.8) is 0 Å². The van der Waals surface area contributed by atoms with E-state index < -0.39 is 0 Å². The lowest BCUT2D eigenvalue weighted by Gasteiger charge is -2.16. The summed E-state index contributed by atoms with van der Waals surface area (Å²) in [5.74, 6) is 0. The van der Waals surface area contributed by atoms with Crippen molar-refractivity contribution in [2.24, 2.45) is 0 Å². The van der Waals surface area contributed by atoms with E-state index in [1.54, 1.807) is 11.1 Å². The highest BCUT2D eigenvalue weighted by Gasteiger charge is 2.15. The topological polar surface area (TPSA) is 15.8 Å². The lowest BCUT2D eigenvalue weighted by atomic mass is 9.88. The van der Waals surface area contributed by atoms with Gasteiger partial charge in [0.2, 0.25) is 0 Å². The summed E-state index contributed by atoms with van der Waals surface area (Å²) in [5.41, 5.74) is 5.72. The molecule has 0 unspecified atom stereocenters. The monoisotopic (exact) mass is 221 g/mol. The highest BCUT2D eigenvalue weighted by Crippen LogP contribution is 2.33. The SMILES string of the molecule is c1ccc2c(c1)[nH]c1ccc3c(c12)CCCC3. The summed E-state index contributed by atoms with van der Waals surface area (Å²) in [5, 5.41) is 2.86. The minimum Gasteiger partial charge on any atom is -0.355 e. The molecule has 4 rings (SSSR count). The molecular formula is C16H15N. The van der Waals surface area contributed by atoms with E-state index in [-0.39, 0.29) is 0 Å². The lowest BCUT2D eigenvalue weighted by molar-refractivity contribution is 0.690. The number of para-hydroxylation sites is 1. The van der Waals surface area contributed by atoms with Crippen molar-refractivity contribution in [2.45, 2.75) is 25.7 Å². The smallest absolute Gasteiger partial charge is 0.0467 e. The number of nitrogens with one attached hydrogen (secondary N) is 1. The minimum absolute atomic E-state index is 1.24. The molecule has 0 bridgehead atoms. The van der Waals surface area contributed by atoms with Crippen molar-refractivity contribution in [1.82, 2.24) is 4.98 Å². The van der Waals surface area contributed by atoms with Gasteiger partial charge in [-0.25, -0.2) is 0 Å². The molecule has 84 valence electrons. The highest BCUT2D eigenvalue weighted by molar-refractivity contribution is 6.09. The Labute approximate surface area is 100 Å². The summed E-state index contributed by atoms with van der Waals surface area (Å²) in [7, 11) is 0. The molecule has 1 aromatic heterocycles. The van der Waals surface area contributed by atoms with Crippen molar-refractivity contribution in [1.29, 1.82) is 0 Å². The predicted molar refractivity (Wildman–Crippen MR) is 72.4 cm³/mol. The number of aromatic nitrogens is 1. The number of benzene rings is 2. The Balaban J connectivity index is 2.20. The first kappa shape index (κ1) is 9.29. The van der Waals surface area contributed by atoms with E-state index in [0.717, 1.165) is 0 Å². The highest BCUT2D eigenvalue weighted by atomic mass is 14.7. The fraction of sp³-hybridized carbons (Fsp3) is 0.250. The average molecular weight is 221 g/mol. The lowest BCUT2D eigenvalue weighted by Crippen LogP contribution is -2.02. The maximum atomic E-state index is 3.53. The molecule has 1 nitrogen and oxygen atoms in total. The van der Waals surface area contributed by atoms with Crippen LogP contribution in [0.1, 0.15) is 24.0 Å². The van der Waals surface area contributed by atoms with E-state index in [2.05, 4.69) is 41.4 Å². The second kappa shape index (κ2) is 3.36. The van der Waals surface area contributed by atoms with Crippen LogP contribution in [-0.2, 0) is 12.8 Å². The van der Waals surface area contributed by atoms with Crippen LogP contribution in [0.3, 0.4) is 0 Å². The van der Waals surface area contributed by atoms with E-state index in [1.807, 2.05) is 0 Å². The first-order valence-corrected chi connectivity index (χ1v) is 6.45. The van der Waals surface area contributed by atoms with Crippen molar-refractivity contribution >= 4 is 21.8 Å². The van der Waals surface area contributed by atoms with Gasteiger partial charge in [0.25, 0.3) is 0 Å². The molecule has 0 radical (unpaired) electrons. The Hall–Kier alpha value is -1.76. The van der Waals surface area contributed by atoms with E-state index in [4.69, 9.17) is 0 Å². The molecule has 3 aromatic rings. The summed E-state index contributed by atoms with van der Waals surface area (Å²) in [6.07, 6.45) is 5.19. The van der Waals surface area contributed by atoms with Gasteiger partial charge in [0.05, 0.1) is 0 Å². The zero-order chi connectivity index (χ0) is 11.2. The number of fused-ring (bicyclic) bond motifs is 5. The van der Waals surface area contributed by atoms with Crippen LogP contribution in [0.4, 0.5) is 0 Å². The van der Waals surface area contributed by atoms with Crippen LogP contribution in [0.5, 0.6) is 0 Å². The summed E-state index contributed by atoms with van der Waals surface area (Å²) < 4.78 is 0. The Morgan fingerprint density at radius 3 is 2.71 bits per heavy atom. The molecule has 1 N–H and O–H groups in total. The van der Waals surface area contributed by atoms with E-state index in [0.29, 0.717) is 0 Å². The first-order chi connectivity index (χ1) is 8.43. The van der Waals surface area contributed by atoms with Gasteiger partial charge < -0.3 is 4.98 Å². The van der Waals surface area contributed by atoms with Gasteiger partial charge >= 0.3 is 0 Å². The van der Waals surface area contributed by atoms with E-state index in [9.17, 15) is 0 Å². The van der Waals surface area contributed by atoms with Crippen molar-refractivity contribution < 1.29 is 0 Å². The van der Waals surface area contributed by atoms with Crippen LogP contribution in [-0.4, -0.2) is 4.98 Å². The summed E-state index contributed by atoms with van der Waals surface area (Å²) in [4.78, 5) is 3.53. The number of hydrogen-bond acceptors (Lipinski definition) is 0. The van der Waals surface area contributed by atoms with Gasteiger partial charge in [0.15, 0.2) is 0 Å². The average Bonchev–Trinajstić information content (AvgIpc) is 2.77. The second-order valence-electron chi connectivity index (χ2n) is 5.00. The van der Waals surface area contributed by atoms with Gasteiger partial charge in [-0.15, -0.1) is 0 Å². The third-order valence-electron chi connectivity index (χ3n) is 4.00. The fourth-order valence-corrected chi connectivity index (χ4v) is 3.19. The zero-order valence-corrected chi connectivity index (χ0v) is 9.79. The Morgan fingerprint density at radius 2 is 1.71 bits per heavy atom. The van der Waals surface area contributed by atoms with Crippen LogP contribution in [0.25, 0.3) is 21.8 Å². The van der Waals surface area contributed by atoms with Gasteiger partial charge in [-0.05, 0) is 48.9 Å². The molecule has 2 aromatic carbocycles. The van der Waals surface area contributed by atoms with Crippen LogP contribution in [0, 0.1) is 0 Å². The molecule has 0 saturated carbocycles. The van der Waals surface area contributed by atoms with Crippen LogP contribution in [0.15, 0.2) is 36.4 Å². The Bertz CT molecular complexity index is 706. The molecule has 1 aliphatic carbocycles. The Kier molecular flexibility index (Phi) is 1.84. The van der Waals surface area contributed by atoms with Gasteiger partial charge in [0.1, 0.15) is 0 Å². The van der Waals surface area contributed by atoms with Crippen molar-refractivity contribution in [3.8, 4) is 0 Å². The molecule has 0 fully saturated rings. The maximum absolute atomic E-state index is 3.53. The van der Waals surface area contributed by atoms with Gasteiger partial charge in [-0.1, -0.05) is 24.3 Å². The summed E-state index contributed by atoms with van der Waals surface area (Å²) in [6.45, 7) is 0. The minimum atomic E-state index is 1.24. The predicted octanol–water partition coefficient (Wildman–Crippen LogP) is 4.20. The number of hydrogen-bond donors (Lipinski definition) is 1. The van der Waals surface area contributed by atoms with E-state index >= 15 is 0 Å². The molecule has 0 aliphatic heterocycles. The second-order valence-corrected chi connectivity index (χ2v) is 5.00. The first-order valence-electron chi connectivity index (χ1n) is 6.45. The van der Waals surface area contributed by atoms with Crippen LogP contribution in [0.2, 0.25) is 0 Å². The fourth-order valence-electron chi connectivity index (χ4n) is 3.19. The molecule has 0 amide bonds. The molecule has 0 atom stereocenters.